The highest BCUT2D eigenvalue weighted by Crippen LogP contribution is 2.25. The third-order valence-corrected chi connectivity index (χ3v) is 3.33. The van der Waals surface area contributed by atoms with Crippen LogP contribution in [0.15, 0.2) is 4.52 Å². The van der Waals surface area contributed by atoms with Crippen LogP contribution < -0.4 is 0 Å². The van der Waals surface area contributed by atoms with Gasteiger partial charge in [0.25, 0.3) is 0 Å². The van der Waals surface area contributed by atoms with Gasteiger partial charge in [0, 0.05) is 18.5 Å². The van der Waals surface area contributed by atoms with Crippen molar-refractivity contribution >= 4 is 5.97 Å². The van der Waals surface area contributed by atoms with Crippen molar-refractivity contribution in [2.45, 2.75) is 45.1 Å². The quantitative estimate of drug-likeness (QED) is 0.870. The molecule has 1 fully saturated rings. The highest BCUT2D eigenvalue weighted by Gasteiger charge is 2.26. The van der Waals surface area contributed by atoms with Gasteiger partial charge in [0.15, 0.2) is 5.82 Å². The van der Waals surface area contributed by atoms with Crippen LogP contribution >= 0.6 is 0 Å². The minimum Gasteiger partial charge on any atom is -0.481 e. The van der Waals surface area contributed by atoms with Gasteiger partial charge in [-0.25, -0.2) is 0 Å². The summed E-state index contributed by atoms with van der Waals surface area (Å²) in [4.78, 5) is 17.1. The monoisotopic (exact) mass is 253 g/mol. The van der Waals surface area contributed by atoms with Gasteiger partial charge in [-0.3, -0.25) is 4.79 Å². The molecule has 0 bridgehead atoms. The van der Waals surface area contributed by atoms with E-state index in [2.05, 4.69) is 28.9 Å². The molecule has 1 N–H and O–H groups in total. The molecule has 1 unspecified atom stereocenters. The van der Waals surface area contributed by atoms with Crippen molar-refractivity contribution in [3.63, 3.8) is 0 Å². The first-order chi connectivity index (χ1) is 8.56. The molecule has 1 atom stereocenters. The number of carboxylic acid groups (broad SMARTS) is 1. The van der Waals surface area contributed by atoms with E-state index in [-0.39, 0.29) is 18.2 Å². The second kappa shape index (κ2) is 5.48. The molecule has 0 aromatic carbocycles. The maximum Gasteiger partial charge on any atom is 0.312 e. The smallest absolute Gasteiger partial charge is 0.312 e. The Bertz CT molecular complexity index is 416. The molecule has 6 heteroatoms. The lowest BCUT2D eigenvalue weighted by molar-refractivity contribution is -0.136. The van der Waals surface area contributed by atoms with Crippen molar-refractivity contribution < 1.29 is 14.4 Å². The van der Waals surface area contributed by atoms with Crippen LogP contribution in [0.2, 0.25) is 0 Å². The molecule has 0 spiro atoms. The summed E-state index contributed by atoms with van der Waals surface area (Å²) >= 11 is 0. The molecule has 100 valence electrons. The van der Waals surface area contributed by atoms with Crippen LogP contribution in [0.3, 0.4) is 0 Å². The van der Waals surface area contributed by atoms with Gasteiger partial charge in [0.05, 0.1) is 0 Å². The predicted octanol–water partition coefficient (Wildman–Crippen LogP) is 1.28. The number of aromatic nitrogens is 2. The lowest BCUT2D eigenvalue weighted by Crippen LogP contribution is -2.39. The number of hydrogen-bond acceptors (Lipinski definition) is 5. The highest BCUT2D eigenvalue weighted by atomic mass is 16.5. The molecule has 6 nitrogen and oxygen atoms in total. The summed E-state index contributed by atoms with van der Waals surface area (Å²) in [6.45, 7) is 6.38. The lowest BCUT2D eigenvalue weighted by atomic mass is 9.96. The number of piperidine rings is 1. The second-order valence-corrected chi connectivity index (χ2v) is 5.04. The molecule has 1 saturated heterocycles. The molecule has 0 saturated carbocycles. The zero-order valence-electron chi connectivity index (χ0n) is 10.8. The van der Waals surface area contributed by atoms with Gasteiger partial charge in [-0.2, -0.15) is 4.98 Å². The first kappa shape index (κ1) is 13.0. The van der Waals surface area contributed by atoms with Crippen molar-refractivity contribution in [3.05, 3.63) is 11.7 Å². The predicted molar refractivity (Wildman–Crippen MR) is 64.3 cm³/mol. The highest BCUT2D eigenvalue weighted by molar-refractivity contribution is 5.68. The van der Waals surface area contributed by atoms with E-state index in [1.807, 2.05) is 0 Å². The van der Waals surface area contributed by atoms with Crippen molar-refractivity contribution in [1.82, 2.24) is 15.0 Å². The van der Waals surface area contributed by atoms with Gasteiger partial charge in [0.2, 0.25) is 5.89 Å². The van der Waals surface area contributed by atoms with Crippen molar-refractivity contribution in [2.24, 2.45) is 0 Å². The van der Waals surface area contributed by atoms with E-state index in [4.69, 9.17) is 9.63 Å². The molecule has 0 radical (unpaired) electrons. The van der Waals surface area contributed by atoms with Crippen LogP contribution in [0.1, 0.15) is 44.3 Å². The molecule has 1 aliphatic heterocycles. The van der Waals surface area contributed by atoms with Gasteiger partial charge in [-0.1, -0.05) is 5.16 Å². The SMILES string of the molecule is CC(C)N1CCCC(c2noc(CC(=O)O)n2)C1. The van der Waals surface area contributed by atoms with Crippen molar-refractivity contribution in [2.75, 3.05) is 13.1 Å². The summed E-state index contributed by atoms with van der Waals surface area (Å²) in [5.74, 6) is 0.154. The van der Waals surface area contributed by atoms with E-state index in [0.717, 1.165) is 25.9 Å². The molecule has 0 amide bonds. The third kappa shape index (κ3) is 3.07. The van der Waals surface area contributed by atoms with E-state index in [1.165, 1.54) is 0 Å². The number of nitrogens with zero attached hydrogens (tertiary/aromatic N) is 3. The van der Waals surface area contributed by atoms with Crippen LogP contribution in [0, 0.1) is 0 Å². The Kier molecular flexibility index (Phi) is 3.96. The van der Waals surface area contributed by atoms with Crippen molar-refractivity contribution in [1.29, 1.82) is 0 Å². The van der Waals surface area contributed by atoms with Gasteiger partial charge < -0.3 is 14.5 Å². The largest absolute Gasteiger partial charge is 0.481 e. The summed E-state index contributed by atoms with van der Waals surface area (Å²) in [5, 5.41) is 12.6. The van der Waals surface area contributed by atoms with Crippen LogP contribution in [0.4, 0.5) is 0 Å². The summed E-state index contributed by atoms with van der Waals surface area (Å²) in [5.41, 5.74) is 0. The maximum absolute atomic E-state index is 10.6. The fourth-order valence-electron chi connectivity index (χ4n) is 2.32. The fourth-order valence-corrected chi connectivity index (χ4v) is 2.32. The van der Waals surface area contributed by atoms with E-state index in [1.54, 1.807) is 0 Å². The molecule has 2 heterocycles. The van der Waals surface area contributed by atoms with Crippen LogP contribution in [0.5, 0.6) is 0 Å². The molecular formula is C12H19N3O3. The number of hydrogen-bond donors (Lipinski definition) is 1. The lowest BCUT2D eigenvalue weighted by Gasteiger charge is -2.34. The summed E-state index contributed by atoms with van der Waals surface area (Å²) in [6, 6.07) is 0.512. The normalized spacial score (nSPS) is 21.4. The Morgan fingerprint density at radius 2 is 2.39 bits per heavy atom. The Morgan fingerprint density at radius 3 is 3.06 bits per heavy atom. The van der Waals surface area contributed by atoms with E-state index in [9.17, 15) is 4.79 Å². The van der Waals surface area contributed by atoms with Gasteiger partial charge in [0.1, 0.15) is 6.42 Å². The summed E-state index contributed by atoms with van der Waals surface area (Å²) < 4.78 is 4.96. The minimum absolute atomic E-state index is 0.194. The number of aliphatic carboxylic acids is 1. The average molecular weight is 253 g/mol. The van der Waals surface area contributed by atoms with Crippen LogP contribution in [-0.4, -0.2) is 45.2 Å². The van der Waals surface area contributed by atoms with Crippen molar-refractivity contribution in [3.8, 4) is 0 Å². The zero-order chi connectivity index (χ0) is 13.1. The summed E-state index contributed by atoms with van der Waals surface area (Å²) in [6.07, 6.45) is 1.95. The number of carbonyl (C=O) groups is 1. The first-order valence-corrected chi connectivity index (χ1v) is 6.34. The minimum atomic E-state index is -0.947. The Morgan fingerprint density at radius 1 is 1.61 bits per heavy atom. The Hall–Kier alpha value is -1.43. The number of rotatable bonds is 4. The Balaban J connectivity index is 2.02. The first-order valence-electron chi connectivity index (χ1n) is 6.34. The molecular weight excluding hydrogens is 234 g/mol. The number of likely N-dealkylation sites (tertiary alicyclic amines) is 1. The van der Waals surface area contributed by atoms with Gasteiger partial charge in [-0.05, 0) is 33.2 Å². The van der Waals surface area contributed by atoms with E-state index in [0.29, 0.717) is 11.9 Å². The standard InChI is InChI=1S/C12H19N3O3/c1-8(2)15-5-3-4-9(7-15)12-13-10(18-14-12)6-11(16)17/h8-9H,3-7H2,1-2H3,(H,16,17). The Labute approximate surface area is 106 Å². The fraction of sp³-hybridized carbons (Fsp3) is 0.750. The van der Waals surface area contributed by atoms with Crippen LogP contribution in [0.25, 0.3) is 0 Å². The zero-order valence-corrected chi connectivity index (χ0v) is 10.8. The second-order valence-electron chi connectivity index (χ2n) is 5.04. The molecule has 2 rings (SSSR count). The molecule has 18 heavy (non-hydrogen) atoms. The van der Waals surface area contributed by atoms with Gasteiger partial charge >= 0.3 is 5.97 Å². The number of carboxylic acids is 1. The molecule has 0 aliphatic carbocycles. The molecule has 1 aliphatic rings. The maximum atomic E-state index is 10.6. The van der Waals surface area contributed by atoms with Crippen LogP contribution in [-0.2, 0) is 11.2 Å². The third-order valence-electron chi connectivity index (χ3n) is 3.33. The van der Waals surface area contributed by atoms with Gasteiger partial charge in [-0.15, -0.1) is 0 Å². The summed E-state index contributed by atoms with van der Waals surface area (Å²) in [7, 11) is 0. The molecule has 1 aromatic rings. The van der Waals surface area contributed by atoms with E-state index >= 15 is 0 Å². The van der Waals surface area contributed by atoms with E-state index < -0.39 is 5.97 Å². The average Bonchev–Trinajstić information content (AvgIpc) is 2.77. The topological polar surface area (TPSA) is 79.5 Å². The molecule has 1 aromatic heterocycles.